The van der Waals surface area contributed by atoms with Gasteiger partial charge in [0.2, 0.25) is 5.91 Å². The second-order valence-electron chi connectivity index (χ2n) is 4.60. The molecule has 1 aromatic rings. The highest BCUT2D eigenvalue weighted by atomic mass is 19.1. The molecular formula is C14H22FN3O2. The van der Waals surface area contributed by atoms with E-state index in [2.05, 4.69) is 10.6 Å². The summed E-state index contributed by atoms with van der Waals surface area (Å²) in [4.78, 5) is 11.0. The number of nitrogens with one attached hydrogen (secondary N) is 2. The van der Waals surface area contributed by atoms with Crippen molar-refractivity contribution >= 4 is 17.3 Å². The van der Waals surface area contributed by atoms with E-state index in [0.717, 1.165) is 12.8 Å². The van der Waals surface area contributed by atoms with Crippen LogP contribution in [0.3, 0.4) is 0 Å². The SMILES string of the molecule is COCC(CCCN)Nc1cc(NC(C)=O)ccc1F. The standard InChI is InChI=1S/C14H22FN3O2/c1-10(19)17-11-5-6-13(15)14(8-11)18-12(9-20-2)4-3-7-16/h5-6,8,12,18H,3-4,7,9,16H2,1-2H3,(H,17,19). The van der Waals surface area contributed by atoms with Crippen molar-refractivity contribution in [2.45, 2.75) is 25.8 Å². The number of halogens is 1. The molecule has 1 amide bonds. The Balaban J connectivity index is 2.78. The maximum absolute atomic E-state index is 13.8. The average Bonchev–Trinajstić information content (AvgIpc) is 2.39. The molecule has 0 heterocycles. The van der Waals surface area contributed by atoms with E-state index < -0.39 is 0 Å². The lowest BCUT2D eigenvalue weighted by molar-refractivity contribution is -0.114. The van der Waals surface area contributed by atoms with Crippen molar-refractivity contribution in [3.8, 4) is 0 Å². The van der Waals surface area contributed by atoms with Gasteiger partial charge in [-0.1, -0.05) is 0 Å². The monoisotopic (exact) mass is 283 g/mol. The van der Waals surface area contributed by atoms with Gasteiger partial charge < -0.3 is 21.1 Å². The largest absolute Gasteiger partial charge is 0.383 e. The summed E-state index contributed by atoms with van der Waals surface area (Å²) in [6, 6.07) is 4.39. The Kier molecular flexibility index (Phi) is 6.97. The molecule has 1 aromatic carbocycles. The van der Waals surface area contributed by atoms with E-state index in [4.69, 9.17) is 10.5 Å². The van der Waals surface area contributed by atoms with Gasteiger partial charge in [-0.2, -0.15) is 0 Å². The number of ether oxygens (including phenoxy) is 1. The van der Waals surface area contributed by atoms with E-state index in [1.807, 2.05) is 0 Å². The summed E-state index contributed by atoms with van der Waals surface area (Å²) in [5.41, 5.74) is 6.38. The number of amides is 1. The lowest BCUT2D eigenvalue weighted by Crippen LogP contribution is -2.26. The van der Waals surface area contributed by atoms with Crippen LogP contribution in [0.4, 0.5) is 15.8 Å². The van der Waals surface area contributed by atoms with E-state index in [1.54, 1.807) is 13.2 Å². The Morgan fingerprint density at radius 2 is 2.25 bits per heavy atom. The Hall–Kier alpha value is -1.66. The van der Waals surface area contributed by atoms with Crippen LogP contribution in [0.1, 0.15) is 19.8 Å². The quantitative estimate of drug-likeness (QED) is 0.681. The molecule has 0 saturated heterocycles. The fourth-order valence-corrected chi connectivity index (χ4v) is 1.90. The zero-order valence-corrected chi connectivity index (χ0v) is 11.9. The minimum Gasteiger partial charge on any atom is -0.383 e. The zero-order valence-electron chi connectivity index (χ0n) is 11.9. The molecule has 20 heavy (non-hydrogen) atoms. The van der Waals surface area contributed by atoms with Crippen molar-refractivity contribution in [2.24, 2.45) is 5.73 Å². The summed E-state index contributed by atoms with van der Waals surface area (Å²) in [6.45, 7) is 2.45. The van der Waals surface area contributed by atoms with Crippen LogP contribution in [0.15, 0.2) is 18.2 Å². The van der Waals surface area contributed by atoms with Crippen LogP contribution in [-0.4, -0.2) is 32.2 Å². The summed E-state index contributed by atoms with van der Waals surface area (Å²) >= 11 is 0. The van der Waals surface area contributed by atoms with Gasteiger partial charge in [0.15, 0.2) is 0 Å². The number of methoxy groups -OCH3 is 1. The minimum absolute atomic E-state index is 0.0226. The molecule has 0 radical (unpaired) electrons. The number of rotatable bonds is 8. The second kappa shape index (κ2) is 8.50. The molecule has 0 aliphatic heterocycles. The topological polar surface area (TPSA) is 76.4 Å². The van der Waals surface area contributed by atoms with Crippen molar-refractivity contribution in [3.63, 3.8) is 0 Å². The molecule has 1 rings (SSSR count). The third kappa shape index (κ3) is 5.54. The van der Waals surface area contributed by atoms with Gasteiger partial charge in [0.05, 0.1) is 12.3 Å². The Morgan fingerprint density at radius 1 is 1.50 bits per heavy atom. The zero-order chi connectivity index (χ0) is 15.0. The fourth-order valence-electron chi connectivity index (χ4n) is 1.90. The molecule has 0 fully saturated rings. The van der Waals surface area contributed by atoms with Crippen molar-refractivity contribution in [2.75, 3.05) is 30.9 Å². The van der Waals surface area contributed by atoms with Crippen LogP contribution in [-0.2, 0) is 9.53 Å². The number of nitrogens with two attached hydrogens (primary N) is 1. The van der Waals surface area contributed by atoms with E-state index >= 15 is 0 Å². The van der Waals surface area contributed by atoms with E-state index in [0.29, 0.717) is 24.5 Å². The molecule has 0 aliphatic carbocycles. The molecule has 1 atom stereocenters. The number of carbonyl (C=O) groups excluding carboxylic acids is 1. The number of hydrogen-bond acceptors (Lipinski definition) is 4. The van der Waals surface area contributed by atoms with Gasteiger partial charge in [-0.05, 0) is 37.6 Å². The Labute approximate surface area is 118 Å². The highest BCUT2D eigenvalue weighted by Crippen LogP contribution is 2.21. The summed E-state index contributed by atoms with van der Waals surface area (Å²) in [6.07, 6.45) is 1.61. The molecule has 112 valence electrons. The van der Waals surface area contributed by atoms with E-state index in [9.17, 15) is 9.18 Å². The second-order valence-corrected chi connectivity index (χ2v) is 4.60. The van der Waals surface area contributed by atoms with Crippen LogP contribution in [0.2, 0.25) is 0 Å². The fraction of sp³-hybridized carbons (Fsp3) is 0.500. The molecule has 0 aliphatic rings. The Bertz CT molecular complexity index is 440. The number of anilines is 2. The minimum atomic E-state index is -0.368. The molecule has 0 saturated carbocycles. The van der Waals surface area contributed by atoms with Gasteiger partial charge in [-0.25, -0.2) is 4.39 Å². The normalized spacial score (nSPS) is 12.0. The van der Waals surface area contributed by atoms with E-state index in [-0.39, 0.29) is 17.8 Å². The predicted molar refractivity (Wildman–Crippen MR) is 78.3 cm³/mol. The summed E-state index contributed by atoms with van der Waals surface area (Å²) < 4.78 is 18.9. The molecule has 0 aromatic heterocycles. The molecule has 1 unspecified atom stereocenters. The third-order valence-electron chi connectivity index (χ3n) is 2.77. The van der Waals surface area contributed by atoms with Crippen LogP contribution in [0.25, 0.3) is 0 Å². The number of benzene rings is 1. The van der Waals surface area contributed by atoms with Crippen LogP contribution in [0.5, 0.6) is 0 Å². The lowest BCUT2D eigenvalue weighted by atomic mass is 10.1. The molecule has 5 nitrogen and oxygen atoms in total. The van der Waals surface area contributed by atoms with Gasteiger partial charge in [0.25, 0.3) is 0 Å². The van der Waals surface area contributed by atoms with Crippen molar-refractivity contribution in [1.82, 2.24) is 0 Å². The van der Waals surface area contributed by atoms with Crippen molar-refractivity contribution in [1.29, 1.82) is 0 Å². The van der Waals surface area contributed by atoms with E-state index in [1.165, 1.54) is 19.1 Å². The number of hydrogen-bond donors (Lipinski definition) is 3. The first kappa shape index (κ1) is 16.4. The summed E-state index contributed by atoms with van der Waals surface area (Å²) in [5.74, 6) is -0.563. The molecule has 4 N–H and O–H groups in total. The van der Waals surface area contributed by atoms with Gasteiger partial charge >= 0.3 is 0 Å². The van der Waals surface area contributed by atoms with Crippen molar-refractivity contribution < 1.29 is 13.9 Å². The van der Waals surface area contributed by atoms with Crippen LogP contribution >= 0.6 is 0 Å². The highest BCUT2D eigenvalue weighted by molar-refractivity contribution is 5.89. The Morgan fingerprint density at radius 3 is 2.85 bits per heavy atom. The summed E-state index contributed by atoms with van der Waals surface area (Å²) in [7, 11) is 1.60. The molecule has 0 bridgehead atoms. The van der Waals surface area contributed by atoms with Gasteiger partial charge in [0.1, 0.15) is 5.82 Å². The van der Waals surface area contributed by atoms with Crippen LogP contribution in [0, 0.1) is 5.82 Å². The highest BCUT2D eigenvalue weighted by Gasteiger charge is 2.11. The lowest BCUT2D eigenvalue weighted by Gasteiger charge is -2.20. The van der Waals surface area contributed by atoms with Crippen molar-refractivity contribution in [3.05, 3.63) is 24.0 Å². The van der Waals surface area contributed by atoms with Gasteiger partial charge in [-0.15, -0.1) is 0 Å². The summed E-state index contributed by atoms with van der Waals surface area (Å²) in [5, 5.41) is 5.71. The smallest absolute Gasteiger partial charge is 0.221 e. The first-order chi connectivity index (χ1) is 9.56. The molecule has 6 heteroatoms. The van der Waals surface area contributed by atoms with Gasteiger partial charge in [-0.3, -0.25) is 4.79 Å². The maximum Gasteiger partial charge on any atom is 0.221 e. The molecular weight excluding hydrogens is 261 g/mol. The molecule has 0 spiro atoms. The maximum atomic E-state index is 13.8. The third-order valence-corrected chi connectivity index (χ3v) is 2.77. The first-order valence-electron chi connectivity index (χ1n) is 6.59. The first-order valence-corrected chi connectivity index (χ1v) is 6.59. The van der Waals surface area contributed by atoms with Crippen LogP contribution < -0.4 is 16.4 Å². The average molecular weight is 283 g/mol. The number of carbonyl (C=O) groups is 1. The van der Waals surface area contributed by atoms with Gasteiger partial charge in [0, 0.05) is 25.8 Å². The predicted octanol–water partition coefficient (Wildman–Crippen LogP) is 1.95.